The van der Waals surface area contributed by atoms with E-state index in [0.717, 1.165) is 12.0 Å². The molecule has 0 fully saturated rings. The summed E-state index contributed by atoms with van der Waals surface area (Å²) < 4.78 is 14.2. The van der Waals surface area contributed by atoms with Crippen molar-refractivity contribution in [2.75, 3.05) is 5.32 Å². The molecule has 0 amide bonds. The Bertz CT molecular complexity index is 772. The second-order valence-electron chi connectivity index (χ2n) is 5.92. The fourth-order valence-corrected chi connectivity index (χ4v) is 3.69. The largest absolute Gasteiger partial charge is 0.508 e. The highest BCUT2D eigenvalue weighted by molar-refractivity contribution is 5.61. The Morgan fingerprint density at radius 1 is 1.09 bits per heavy atom. The van der Waals surface area contributed by atoms with E-state index in [-0.39, 0.29) is 35.2 Å². The second-order valence-corrected chi connectivity index (χ2v) is 5.92. The SMILES string of the molecule is Oc1ccc(C2Nc3c(F)cccc3C3C=CCC32)c(O)c1. The molecule has 4 rings (SSSR count). The van der Waals surface area contributed by atoms with Crippen LogP contribution in [-0.4, -0.2) is 10.2 Å². The van der Waals surface area contributed by atoms with Crippen LogP contribution in [-0.2, 0) is 0 Å². The van der Waals surface area contributed by atoms with Gasteiger partial charge in [0.1, 0.15) is 17.3 Å². The molecule has 0 radical (unpaired) electrons. The molecule has 0 saturated carbocycles. The Balaban J connectivity index is 1.84. The van der Waals surface area contributed by atoms with Gasteiger partial charge < -0.3 is 15.5 Å². The van der Waals surface area contributed by atoms with Gasteiger partial charge in [-0.3, -0.25) is 0 Å². The van der Waals surface area contributed by atoms with Crippen molar-refractivity contribution in [1.82, 2.24) is 0 Å². The summed E-state index contributed by atoms with van der Waals surface area (Å²) in [5, 5.41) is 22.9. The van der Waals surface area contributed by atoms with Crippen LogP contribution >= 0.6 is 0 Å². The summed E-state index contributed by atoms with van der Waals surface area (Å²) in [5.41, 5.74) is 2.16. The van der Waals surface area contributed by atoms with Crippen LogP contribution in [0.4, 0.5) is 10.1 Å². The van der Waals surface area contributed by atoms with Gasteiger partial charge in [-0.25, -0.2) is 4.39 Å². The molecule has 1 aliphatic heterocycles. The quantitative estimate of drug-likeness (QED) is 0.696. The van der Waals surface area contributed by atoms with E-state index in [4.69, 9.17) is 0 Å². The average Bonchev–Trinajstić information content (AvgIpc) is 2.97. The second kappa shape index (κ2) is 4.77. The van der Waals surface area contributed by atoms with Crippen LogP contribution in [0.15, 0.2) is 48.6 Å². The van der Waals surface area contributed by atoms with E-state index in [1.54, 1.807) is 18.2 Å². The Kier molecular flexibility index (Phi) is 2.86. The summed E-state index contributed by atoms with van der Waals surface area (Å²) in [6.45, 7) is 0. The van der Waals surface area contributed by atoms with Crippen molar-refractivity contribution in [3.63, 3.8) is 0 Å². The minimum atomic E-state index is -0.278. The standard InChI is InChI=1S/C18H16FNO2/c19-15-6-2-5-13-11-3-1-4-12(11)17(20-18(13)15)14-8-7-10(21)9-16(14)22/h1-3,5-9,11-12,17,20-22H,4H2. The van der Waals surface area contributed by atoms with Crippen LogP contribution in [0, 0.1) is 11.7 Å². The van der Waals surface area contributed by atoms with Crippen molar-refractivity contribution in [3.05, 3.63) is 65.5 Å². The Morgan fingerprint density at radius 2 is 1.95 bits per heavy atom. The van der Waals surface area contributed by atoms with Crippen LogP contribution < -0.4 is 5.32 Å². The van der Waals surface area contributed by atoms with Gasteiger partial charge in [-0.15, -0.1) is 0 Å². The number of rotatable bonds is 1. The topological polar surface area (TPSA) is 52.5 Å². The van der Waals surface area contributed by atoms with E-state index in [1.165, 1.54) is 12.1 Å². The molecule has 2 aromatic carbocycles. The van der Waals surface area contributed by atoms with Gasteiger partial charge in [0.05, 0.1) is 11.7 Å². The van der Waals surface area contributed by atoms with Gasteiger partial charge in [0.25, 0.3) is 0 Å². The molecule has 2 aromatic rings. The molecule has 0 aromatic heterocycles. The average molecular weight is 297 g/mol. The number of halogens is 1. The molecule has 22 heavy (non-hydrogen) atoms. The zero-order chi connectivity index (χ0) is 15.3. The highest BCUT2D eigenvalue weighted by Crippen LogP contribution is 2.51. The van der Waals surface area contributed by atoms with E-state index >= 15 is 0 Å². The van der Waals surface area contributed by atoms with Crippen molar-refractivity contribution in [2.24, 2.45) is 5.92 Å². The summed E-state index contributed by atoms with van der Waals surface area (Å²) >= 11 is 0. The van der Waals surface area contributed by atoms with E-state index in [2.05, 4.69) is 17.5 Å². The molecule has 112 valence electrons. The first-order valence-corrected chi connectivity index (χ1v) is 7.38. The highest BCUT2D eigenvalue weighted by Gasteiger charge is 2.39. The number of phenolic OH excluding ortho intramolecular Hbond substituents is 2. The van der Waals surface area contributed by atoms with Crippen molar-refractivity contribution in [2.45, 2.75) is 18.4 Å². The lowest BCUT2D eigenvalue weighted by molar-refractivity contribution is 0.395. The molecule has 3 N–H and O–H groups in total. The molecular weight excluding hydrogens is 281 g/mol. The molecule has 4 heteroatoms. The van der Waals surface area contributed by atoms with Crippen molar-refractivity contribution < 1.29 is 14.6 Å². The predicted molar refractivity (Wildman–Crippen MR) is 82.5 cm³/mol. The highest BCUT2D eigenvalue weighted by atomic mass is 19.1. The van der Waals surface area contributed by atoms with Gasteiger partial charge in [-0.1, -0.05) is 24.3 Å². The van der Waals surface area contributed by atoms with E-state index in [9.17, 15) is 14.6 Å². The predicted octanol–water partition coefficient (Wildman–Crippen LogP) is 4.06. The van der Waals surface area contributed by atoms with Crippen molar-refractivity contribution in [1.29, 1.82) is 0 Å². The lowest BCUT2D eigenvalue weighted by atomic mass is 9.77. The van der Waals surface area contributed by atoms with Gasteiger partial charge in [0.2, 0.25) is 0 Å². The lowest BCUT2D eigenvalue weighted by Gasteiger charge is -2.37. The van der Waals surface area contributed by atoms with Gasteiger partial charge >= 0.3 is 0 Å². The molecule has 3 unspecified atom stereocenters. The maximum atomic E-state index is 14.2. The third kappa shape index (κ3) is 1.87. The zero-order valence-electron chi connectivity index (χ0n) is 11.8. The summed E-state index contributed by atoms with van der Waals surface area (Å²) in [5.74, 6) is 0.141. The van der Waals surface area contributed by atoms with Crippen molar-refractivity contribution >= 4 is 5.69 Å². The maximum absolute atomic E-state index is 14.2. The normalized spacial score (nSPS) is 25.4. The Labute approximate surface area is 127 Å². The van der Waals surface area contributed by atoms with Gasteiger partial charge in [0.15, 0.2) is 0 Å². The molecule has 3 nitrogen and oxygen atoms in total. The van der Waals surface area contributed by atoms with E-state index in [1.807, 2.05) is 6.07 Å². The first-order chi connectivity index (χ1) is 10.6. The van der Waals surface area contributed by atoms with Gasteiger partial charge in [0, 0.05) is 17.5 Å². The third-order valence-corrected chi connectivity index (χ3v) is 4.69. The number of allylic oxidation sites excluding steroid dienone is 2. The van der Waals surface area contributed by atoms with Crippen LogP contribution in [0.5, 0.6) is 11.5 Å². The number of hydrogen-bond donors (Lipinski definition) is 3. The molecule has 0 bridgehead atoms. The Morgan fingerprint density at radius 3 is 2.77 bits per heavy atom. The first kappa shape index (κ1) is 13.2. The zero-order valence-corrected chi connectivity index (χ0v) is 11.8. The van der Waals surface area contributed by atoms with Crippen molar-refractivity contribution in [3.8, 4) is 11.5 Å². The van der Waals surface area contributed by atoms with Crippen LogP contribution in [0.1, 0.15) is 29.5 Å². The summed E-state index contributed by atoms with van der Waals surface area (Å²) in [4.78, 5) is 0. The fraction of sp³-hybridized carbons (Fsp3) is 0.222. The van der Waals surface area contributed by atoms with Crippen LogP contribution in [0.3, 0.4) is 0 Å². The smallest absolute Gasteiger partial charge is 0.146 e. The van der Waals surface area contributed by atoms with Gasteiger partial charge in [-0.2, -0.15) is 0 Å². The number of nitrogens with one attached hydrogen (secondary N) is 1. The van der Waals surface area contributed by atoms with Crippen LogP contribution in [0.25, 0.3) is 0 Å². The number of phenols is 2. The number of benzene rings is 2. The molecular formula is C18H16FNO2. The summed E-state index contributed by atoms with van der Waals surface area (Å²) in [7, 11) is 0. The first-order valence-electron chi connectivity index (χ1n) is 7.38. The van der Waals surface area contributed by atoms with E-state index in [0.29, 0.717) is 11.3 Å². The maximum Gasteiger partial charge on any atom is 0.146 e. The molecule has 1 heterocycles. The summed E-state index contributed by atoms with van der Waals surface area (Å²) in [6, 6.07) is 9.51. The molecule has 2 aliphatic rings. The number of para-hydroxylation sites is 1. The molecule has 3 atom stereocenters. The Hall–Kier alpha value is -2.49. The van der Waals surface area contributed by atoms with Gasteiger partial charge in [-0.05, 0) is 36.1 Å². The molecule has 0 saturated heterocycles. The minimum Gasteiger partial charge on any atom is -0.508 e. The minimum absolute atomic E-state index is 0.0183. The number of fused-ring (bicyclic) bond motifs is 3. The number of hydrogen-bond acceptors (Lipinski definition) is 3. The number of anilines is 1. The third-order valence-electron chi connectivity index (χ3n) is 4.69. The van der Waals surface area contributed by atoms with E-state index < -0.39 is 0 Å². The monoisotopic (exact) mass is 297 g/mol. The molecule has 1 aliphatic carbocycles. The fourth-order valence-electron chi connectivity index (χ4n) is 3.69. The van der Waals surface area contributed by atoms with Crippen LogP contribution in [0.2, 0.25) is 0 Å². The summed E-state index contributed by atoms with van der Waals surface area (Å²) in [6.07, 6.45) is 5.11. The number of aromatic hydroxyl groups is 2. The lowest BCUT2D eigenvalue weighted by Crippen LogP contribution is -2.29. The molecule has 0 spiro atoms.